The monoisotopic (exact) mass is 1170 g/mol. The van der Waals surface area contributed by atoms with E-state index in [1.807, 2.05) is 0 Å². The third kappa shape index (κ3) is 23.2. The maximum Gasteiger partial charge on any atom is 0.326 e. The number of nitrogens with zero attached hydrogens (tertiary/aromatic N) is 2. The van der Waals surface area contributed by atoms with Crippen molar-refractivity contribution in [3.63, 3.8) is 0 Å². The second kappa shape index (κ2) is 34.9. The maximum atomic E-state index is 14.2. The number of nitrogens with one attached hydrogen (secondary N) is 8. The Kier molecular flexibility index (Phi) is 29.0. The van der Waals surface area contributed by atoms with Crippen LogP contribution in [0.25, 0.3) is 0 Å². The van der Waals surface area contributed by atoms with Crippen LogP contribution in [0.1, 0.15) is 82.8 Å². The van der Waals surface area contributed by atoms with E-state index in [2.05, 4.69) is 60.2 Å². The second-order valence-electron chi connectivity index (χ2n) is 19.5. The van der Waals surface area contributed by atoms with Crippen LogP contribution in [-0.4, -0.2) is 189 Å². The molecule has 0 radical (unpaired) electrons. The number of benzene rings is 2. The molecule has 2 aromatic rings. The van der Waals surface area contributed by atoms with Crippen molar-refractivity contribution in [2.75, 3.05) is 32.0 Å². The fourth-order valence-corrected chi connectivity index (χ4v) is 8.73. The molecular formula is C52H78N14O15S. The summed E-state index contributed by atoms with van der Waals surface area (Å²) in [5.74, 6) is -11.1. The summed E-state index contributed by atoms with van der Waals surface area (Å²) in [6, 6.07) is 0.292. The van der Waals surface area contributed by atoms with E-state index in [1.54, 1.807) is 42.5 Å². The minimum Gasteiger partial charge on any atom is -0.508 e. The van der Waals surface area contributed by atoms with Gasteiger partial charge in [-0.1, -0.05) is 42.5 Å². The first-order chi connectivity index (χ1) is 38.9. The normalized spacial score (nSPS) is 16.1. The number of unbranched alkanes of at least 4 members (excludes halogenated alkanes) is 1. The number of aliphatic hydroxyl groups excluding tert-OH is 1. The molecule has 3 rings (SSSR count). The molecule has 0 bridgehead atoms. The number of aliphatic imine (C=N–C) groups is 1. The molecule has 0 aromatic heterocycles. The van der Waals surface area contributed by atoms with Crippen molar-refractivity contribution in [2.45, 2.75) is 145 Å². The number of rotatable bonds is 35. The molecule has 452 valence electrons. The number of hydrogen-bond donors (Lipinski definition) is 17. The number of carboxylic acids is 2. The van der Waals surface area contributed by atoms with Crippen LogP contribution in [0.4, 0.5) is 0 Å². The number of thiol groups is 1. The van der Waals surface area contributed by atoms with Gasteiger partial charge in [-0.3, -0.25) is 52.9 Å². The van der Waals surface area contributed by atoms with Gasteiger partial charge in [0.25, 0.3) is 0 Å². The molecular weight excluding hydrogens is 1090 g/mol. The molecule has 0 spiro atoms. The third-order valence-electron chi connectivity index (χ3n) is 13.0. The molecule has 82 heavy (non-hydrogen) atoms. The summed E-state index contributed by atoms with van der Waals surface area (Å²) in [4.78, 5) is 152. The summed E-state index contributed by atoms with van der Waals surface area (Å²) < 4.78 is 0. The predicted octanol–water partition coefficient (Wildman–Crippen LogP) is -4.53. The molecule has 29 nitrogen and oxygen atoms in total. The Hall–Kier alpha value is -8.09. The highest BCUT2D eigenvalue weighted by molar-refractivity contribution is 7.80. The van der Waals surface area contributed by atoms with Crippen LogP contribution < -0.4 is 65.5 Å². The number of aliphatic carboxylic acids is 2. The van der Waals surface area contributed by atoms with E-state index in [4.69, 9.17) is 22.9 Å². The number of carboxylic acid groups (broad SMARTS) is 2. The molecule has 1 fully saturated rings. The minimum atomic E-state index is -1.85. The SMILES string of the molecule is C[C@H](NC(=O)[C@@H]1CCCN1C(=O)[C@H](CCS)NC(=O)[C@H](CC(=O)O)NC(=O)[C@H](CCCCN)NC(=O)[C@H](Cc1ccccc1)NC(=O)[C@H](CO)NC(=O)[C@@H](N)Cc1ccc(O)cc1)C(=O)N[C@H](C)C(=O)N[C@@H](CCCN=C(N)N)C(=O)O. The Labute approximate surface area is 479 Å². The van der Waals surface area contributed by atoms with Crippen LogP contribution in [0, 0.1) is 0 Å². The minimum absolute atomic E-state index is 0.00139. The highest BCUT2D eigenvalue weighted by Crippen LogP contribution is 2.20. The number of aliphatic hydroxyl groups is 1. The first kappa shape index (κ1) is 68.2. The fraction of sp³-hybridized carbons (Fsp3) is 0.538. The number of guanidine groups is 1. The van der Waals surface area contributed by atoms with E-state index in [1.165, 1.54) is 30.9 Å². The quantitative estimate of drug-likeness (QED) is 0.0134. The van der Waals surface area contributed by atoms with E-state index in [-0.39, 0.29) is 88.5 Å². The van der Waals surface area contributed by atoms with Crippen molar-refractivity contribution in [3.8, 4) is 5.75 Å². The van der Waals surface area contributed by atoms with Crippen LogP contribution in [0.3, 0.4) is 0 Å². The van der Waals surface area contributed by atoms with Gasteiger partial charge in [0, 0.05) is 19.5 Å². The zero-order valence-electron chi connectivity index (χ0n) is 45.7. The van der Waals surface area contributed by atoms with Gasteiger partial charge in [-0.15, -0.1) is 0 Å². The summed E-state index contributed by atoms with van der Waals surface area (Å²) in [5, 5.41) is 58.9. The molecule has 1 aliphatic heterocycles. The Bertz CT molecular complexity index is 2540. The largest absolute Gasteiger partial charge is 0.508 e. The first-order valence-corrected chi connectivity index (χ1v) is 27.2. The van der Waals surface area contributed by atoms with Gasteiger partial charge >= 0.3 is 11.9 Å². The van der Waals surface area contributed by atoms with Crippen molar-refractivity contribution in [3.05, 3.63) is 65.7 Å². The lowest BCUT2D eigenvalue weighted by atomic mass is 10.0. The summed E-state index contributed by atoms with van der Waals surface area (Å²) in [6.45, 7) is 2.03. The molecule has 20 N–H and O–H groups in total. The lowest BCUT2D eigenvalue weighted by Gasteiger charge is -2.30. The van der Waals surface area contributed by atoms with Crippen LogP contribution in [0.5, 0.6) is 5.75 Å². The Morgan fingerprint density at radius 2 is 1.17 bits per heavy atom. The van der Waals surface area contributed by atoms with E-state index in [0.717, 1.165) is 0 Å². The van der Waals surface area contributed by atoms with E-state index >= 15 is 0 Å². The molecule has 30 heteroatoms. The number of phenols is 1. The molecule has 0 saturated carbocycles. The van der Waals surface area contributed by atoms with Gasteiger partial charge in [0.2, 0.25) is 53.2 Å². The number of carbonyl (C=O) groups is 11. The molecule has 2 aromatic carbocycles. The lowest BCUT2D eigenvalue weighted by molar-refractivity contribution is -0.143. The number of phenolic OH excluding ortho intramolecular Hbond substituents is 1. The lowest BCUT2D eigenvalue weighted by Crippen LogP contribution is -2.61. The van der Waals surface area contributed by atoms with Crippen molar-refractivity contribution < 1.29 is 73.2 Å². The first-order valence-electron chi connectivity index (χ1n) is 26.6. The van der Waals surface area contributed by atoms with E-state index in [0.29, 0.717) is 24.0 Å². The average Bonchev–Trinajstić information content (AvgIpc) is 3.96. The average molecular weight is 1170 g/mol. The zero-order chi connectivity index (χ0) is 61.1. The number of likely N-dealkylation sites (tertiary alicyclic amines) is 1. The van der Waals surface area contributed by atoms with Crippen LogP contribution in [0.2, 0.25) is 0 Å². The Balaban J connectivity index is 1.75. The Morgan fingerprint density at radius 3 is 1.78 bits per heavy atom. The van der Waals surface area contributed by atoms with Gasteiger partial charge in [0.1, 0.15) is 60.1 Å². The van der Waals surface area contributed by atoms with Crippen LogP contribution >= 0.6 is 12.6 Å². The summed E-state index contributed by atoms with van der Waals surface area (Å²) in [6.07, 6.45) is -0.135. The summed E-state index contributed by atoms with van der Waals surface area (Å²) in [7, 11) is 0. The molecule has 1 aliphatic rings. The number of carbonyl (C=O) groups excluding carboxylic acids is 9. The zero-order valence-corrected chi connectivity index (χ0v) is 46.6. The molecule has 1 saturated heterocycles. The van der Waals surface area contributed by atoms with Gasteiger partial charge in [-0.25, -0.2) is 4.79 Å². The highest BCUT2D eigenvalue weighted by Gasteiger charge is 2.40. The van der Waals surface area contributed by atoms with Gasteiger partial charge in [0.15, 0.2) is 5.96 Å². The third-order valence-corrected chi connectivity index (χ3v) is 13.2. The molecule has 10 atom stereocenters. The van der Waals surface area contributed by atoms with Gasteiger partial charge in [0.05, 0.1) is 19.1 Å². The predicted molar refractivity (Wildman–Crippen MR) is 300 cm³/mol. The van der Waals surface area contributed by atoms with Crippen LogP contribution in [-0.2, 0) is 65.6 Å². The maximum absolute atomic E-state index is 14.2. The number of hydrogen-bond acceptors (Lipinski definition) is 17. The van der Waals surface area contributed by atoms with Crippen LogP contribution in [0.15, 0.2) is 59.6 Å². The Morgan fingerprint density at radius 1 is 0.634 bits per heavy atom. The van der Waals surface area contributed by atoms with Gasteiger partial charge in [-0.2, -0.15) is 12.6 Å². The highest BCUT2D eigenvalue weighted by atomic mass is 32.1. The second-order valence-corrected chi connectivity index (χ2v) is 20.0. The summed E-state index contributed by atoms with van der Waals surface area (Å²) in [5.41, 5.74) is 23.5. The van der Waals surface area contributed by atoms with Crippen molar-refractivity contribution in [1.29, 1.82) is 0 Å². The fourth-order valence-electron chi connectivity index (χ4n) is 8.47. The summed E-state index contributed by atoms with van der Waals surface area (Å²) >= 11 is 4.24. The molecule has 1 heterocycles. The van der Waals surface area contributed by atoms with Crippen molar-refractivity contribution in [2.24, 2.45) is 27.9 Å². The molecule has 0 unspecified atom stereocenters. The topological polar surface area (TPSA) is 485 Å². The van der Waals surface area contributed by atoms with Gasteiger partial charge in [-0.05, 0) is 107 Å². The smallest absolute Gasteiger partial charge is 0.326 e. The van der Waals surface area contributed by atoms with Crippen molar-refractivity contribution in [1.82, 2.24) is 47.4 Å². The van der Waals surface area contributed by atoms with Gasteiger partial charge < -0.3 is 90.8 Å². The standard InChI is InChI=1S/C52H78N14O15S/c1-28(42(71)58-29(2)43(72)62-36(51(80)81)13-8-21-57-52(55)56)59-49(78)40-14-9-22-66(40)50(79)35(19-23-82)61-47(76)38(26-41(69)70)64-45(74)34(12-6-7-20-53)60-46(75)37(25-30-10-4-3-5-11-30)63-48(77)39(27-67)65-44(73)33(54)24-31-15-17-32(68)18-16-31/h3-5,10-11,15-18,28-29,33-40,67-68,82H,6-9,12-14,19-27,53-54H2,1-2H3,(H,58,71)(H,59,78)(H,60,75)(H,61,76)(H,62,72)(H,63,77)(H,64,74)(H,65,73)(H,69,70)(H,80,81)(H4,55,56,57)/t28-,29+,33-,34-,35-,36-,37-,38-,39-,40-/m0/s1. The molecule has 9 amide bonds. The van der Waals surface area contributed by atoms with E-state index < -0.39 is 139 Å². The molecule has 0 aliphatic carbocycles. The van der Waals surface area contributed by atoms with Crippen molar-refractivity contribution >= 4 is 83.7 Å². The number of amides is 9. The van der Waals surface area contributed by atoms with E-state index in [9.17, 15) is 73.2 Å². The number of nitrogens with two attached hydrogens (primary N) is 4. The number of aromatic hydroxyl groups is 1.